The first-order valence-corrected chi connectivity index (χ1v) is 42.2. The highest BCUT2D eigenvalue weighted by Gasteiger charge is 2.30. The third kappa shape index (κ3) is 68.7. The van der Waals surface area contributed by atoms with Crippen LogP contribution in [0.3, 0.4) is 0 Å². The summed E-state index contributed by atoms with van der Waals surface area (Å²) in [6.07, 6.45) is 56.3. The topological polar surface area (TPSA) is 237 Å². The minimum atomic E-state index is -4.97. The lowest BCUT2D eigenvalue weighted by Crippen LogP contribution is -2.30. The van der Waals surface area contributed by atoms with Gasteiger partial charge < -0.3 is 33.8 Å². The lowest BCUT2D eigenvalue weighted by atomic mass is 9.99. The summed E-state index contributed by atoms with van der Waals surface area (Å²) >= 11 is 0. The third-order valence-corrected chi connectivity index (χ3v) is 19.5. The minimum absolute atomic E-state index is 0.0845. The van der Waals surface area contributed by atoms with Gasteiger partial charge in [-0.3, -0.25) is 37.3 Å². The number of unbranched alkanes of at least 4 members (excludes halogenated alkanes) is 37. The molecule has 0 radical (unpaired) electrons. The summed E-state index contributed by atoms with van der Waals surface area (Å²) in [4.78, 5) is 72.8. The summed E-state index contributed by atoms with van der Waals surface area (Å²) in [5.74, 6) is 0.156. The molecule has 0 saturated heterocycles. The van der Waals surface area contributed by atoms with Gasteiger partial charge in [0.15, 0.2) is 12.2 Å². The van der Waals surface area contributed by atoms with Crippen molar-refractivity contribution in [2.45, 2.75) is 388 Å². The normalized spacial score (nSPS) is 14.5. The van der Waals surface area contributed by atoms with E-state index in [1.807, 2.05) is 0 Å². The number of phosphoric ester groups is 2. The molecule has 96 heavy (non-hydrogen) atoms. The van der Waals surface area contributed by atoms with Crippen molar-refractivity contribution in [1.82, 2.24) is 0 Å². The maximum Gasteiger partial charge on any atom is 0.472 e. The summed E-state index contributed by atoms with van der Waals surface area (Å²) in [5.41, 5.74) is 0. The summed E-state index contributed by atoms with van der Waals surface area (Å²) < 4.78 is 68.5. The van der Waals surface area contributed by atoms with Crippen LogP contribution in [0.25, 0.3) is 0 Å². The molecule has 0 aliphatic rings. The second kappa shape index (κ2) is 67.1. The van der Waals surface area contributed by atoms with E-state index in [-0.39, 0.29) is 25.7 Å². The lowest BCUT2D eigenvalue weighted by molar-refractivity contribution is -0.161. The van der Waals surface area contributed by atoms with Crippen LogP contribution in [0.1, 0.15) is 370 Å². The molecule has 0 bridgehead atoms. The van der Waals surface area contributed by atoms with Gasteiger partial charge in [0, 0.05) is 25.7 Å². The zero-order valence-electron chi connectivity index (χ0n) is 62.3. The van der Waals surface area contributed by atoms with Crippen LogP contribution in [-0.4, -0.2) is 96.7 Å². The fourth-order valence-electron chi connectivity index (χ4n) is 11.2. The number of carbonyl (C=O) groups excluding carboxylic acids is 4. The van der Waals surface area contributed by atoms with Crippen molar-refractivity contribution in [3.05, 3.63) is 24.3 Å². The standard InChI is InChI=1S/C77H146O17P2/c1-8-10-11-12-13-14-15-16-17-21-24-31-38-46-53-60-76(81)93-72(64-87-74(79)58-51-44-37-30-27-26-28-34-41-48-55-68(3)4)66-91-95(83,84)89-62-71(78)63-90-96(85,86)92-67-73(65-88-75(80)59-52-45-40-33-35-42-49-56-69(5)6)94-77(82)61-54-47-39-32-25-22-19-18-20-23-29-36-43-50-57-70(7)9-2/h14-17,68-73,78H,8-13,18-67H2,1-7H3,(H,83,84)(H,85,86)/b15-14-,17-16-/t70?,71?,72-,73-/m1/s1. The molecule has 19 heteroatoms. The number of aliphatic hydroxyl groups is 1. The molecule has 17 nitrogen and oxygen atoms in total. The number of ether oxygens (including phenoxy) is 4. The number of hydrogen-bond acceptors (Lipinski definition) is 15. The molecule has 0 fully saturated rings. The summed E-state index contributed by atoms with van der Waals surface area (Å²) in [6.45, 7) is 11.8. The molecule has 0 saturated carbocycles. The molecule has 0 spiro atoms. The number of hydrogen-bond donors (Lipinski definition) is 3. The highest BCUT2D eigenvalue weighted by molar-refractivity contribution is 7.47. The average Bonchev–Trinajstić information content (AvgIpc) is 1.54. The van der Waals surface area contributed by atoms with Gasteiger partial charge in [0.05, 0.1) is 26.4 Å². The molecular formula is C77H146O17P2. The average molecular weight is 1410 g/mol. The Labute approximate surface area is 586 Å². The monoisotopic (exact) mass is 1410 g/mol. The van der Waals surface area contributed by atoms with Crippen molar-refractivity contribution in [3.8, 4) is 0 Å². The Morgan fingerprint density at radius 3 is 0.927 bits per heavy atom. The zero-order chi connectivity index (χ0) is 70.9. The van der Waals surface area contributed by atoms with Crippen LogP contribution in [0.2, 0.25) is 0 Å². The third-order valence-electron chi connectivity index (χ3n) is 17.6. The molecule has 0 aromatic heterocycles. The fourth-order valence-corrected chi connectivity index (χ4v) is 12.8. The summed E-state index contributed by atoms with van der Waals surface area (Å²) in [7, 11) is -9.93. The maximum absolute atomic E-state index is 13.1. The van der Waals surface area contributed by atoms with E-state index in [0.717, 1.165) is 121 Å². The van der Waals surface area contributed by atoms with Crippen LogP contribution < -0.4 is 0 Å². The molecule has 0 aromatic rings. The van der Waals surface area contributed by atoms with Gasteiger partial charge in [-0.15, -0.1) is 0 Å². The molecular weight excluding hydrogens is 1260 g/mol. The van der Waals surface area contributed by atoms with Crippen molar-refractivity contribution in [1.29, 1.82) is 0 Å². The SMILES string of the molecule is CCCCCC/C=C\C=C/CCCCCCCC(=O)O[C@H](COC(=O)CCCCCCCCCCCCC(C)C)COP(=O)(O)OCC(O)COP(=O)(O)OC[C@@H](COC(=O)CCCCCCCCCC(C)C)OC(=O)CCCCCCCCCCCCCCCCC(C)CC. The van der Waals surface area contributed by atoms with E-state index in [1.165, 1.54) is 161 Å². The molecule has 6 atom stereocenters. The Morgan fingerprint density at radius 2 is 0.615 bits per heavy atom. The lowest BCUT2D eigenvalue weighted by Gasteiger charge is -2.21. The predicted molar refractivity (Wildman–Crippen MR) is 390 cm³/mol. The second-order valence-electron chi connectivity index (χ2n) is 28.3. The van der Waals surface area contributed by atoms with E-state index in [1.54, 1.807) is 0 Å². The van der Waals surface area contributed by atoms with Crippen molar-refractivity contribution in [2.24, 2.45) is 17.8 Å². The molecule has 0 aromatic carbocycles. The molecule has 0 rings (SSSR count). The van der Waals surface area contributed by atoms with E-state index < -0.39 is 97.5 Å². The largest absolute Gasteiger partial charge is 0.472 e. The maximum atomic E-state index is 13.1. The van der Waals surface area contributed by atoms with Gasteiger partial charge in [-0.1, -0.05) is 317 Å². The smallest absolute Gasteiger partial charge is 0.462 e. The predicted octanol–water partition coefficient (Wildman–Crippen LogP) is 22.1. The number of carbonyl (C=O) groups is 4. The van der Waals surface area contributed by atoms with E-state index in [9.17, 15) is 43.2 Å². The van der Waals surface area contributed by atoms with Gasteiger partial charge in [0.25, 0.3) is 0 Å². The molecule has 4 unspecified atom stereocenters. The van der Waals surface area contributed by atoms with E-state index >= 15 is 0 Å². The van der Waals surface area contributed by atoms with Crippen molar-refractivity contribution in [2.75, 3.05) is 39.6 Å². The number of rotatable bonds is 73. The van der Waals surface area contributed by atoms with Gasteiger partial charge >= 0.3 is 39.5 Å². The second-order valence-corrected chi connectivity index (χ2v) is 31.2. The van der Waals surface area contributed by atoms with Crippen molar-refractivity contribution < 1.29 is 80.2 Å². The van der Waals surface area contributed by atoms with E-state index in [4.69, 9.17) is 37.0 Å². The number of phosphoric acid groups is 2. The first-order chi connectivity index (χ1) is 46.3. The Bertz CT molecular complexity index is 1970. The first kappa shape index (κ1) is 93.5. The quantitative estimate of drug-likeness (QED) is 0.0169. The van der Waals surface area contributed by atoms with Crippen molar-refractivity contribution >= 4 is 39.5 Å². The van der Waals surface area contributed by atoms with Gasteiger partial charge in [0.1, 0.15) is 19.3 Å². The van der Waals surface area contributed by atoms with Crippen molar-refractivity contribution in [3.63, 3.8) is 0 Å². The van der Waals surface area contributed by atoms with Gasteiger partial charge in [-0.25, -0.2) is 9.13 Å². The molecule has 3 N–H and O–H groups in total. The summed E-state index contributed by atoms with van der Waals surface area (Å²) in [6, 6.07) is 0. The van der Waals surface area contributed by atoms with E-state index in [2.05, 4.69) is 72.8 Å². The minimum Gasteiger partial charge on any atom is -0.462 e. The van der Waals surface area contributed by atoms with Crippen LogP contribution in [0, 0.1) is 17.8 Å². The van der Waals surface area contributed by atoms with Gasteiger partial charge in [-0.2, -0.15) is 0 Å². The first-order valence-electron chi connectivity index (χ1n) is 39.2. The van der Waals surface area contributed by atoms with Crippen LogP contribution in [0.4, 0.5) is 0 Å². The van der Waals surface area contributed by atoms with Crippen LogP contribution >= 0.6 is 15.6 Å². The number of aliphatic hydroxyl groups excluding tert-OH is 1. The Morgan fingerprint density at radius 1 is 0.344 bits per heavy atom. The zero-order valence-corrected chi connectivity index (χ0v) is 64.1. The molecule has 566 valence electrons. The highest BCUT2D eigenvalue weighted by atomic mass is 31.2. The Kier molecular flexibility index (Phi) is 65.3. The van der Waals surface area contributed by atoms with E-state index in [0.29, 0.717) is 31.6 Å². The Balaban J connectivity index is 5.27. The Hall–Kier alpha value is -2.46. The molecule has 0 amide bonds. The van der Waals surface area contributed by atoms with Crippen LogP contribution in [0.5, 0.6) is 0 Å². The van der Waals surface area contributed by atoms with Crippen LogP contribution in [-0.2, 0) is 65.4 Å². The molecule has 0 aliphatic heterocycles. The molecule has 0 aliphatic carbocycles. The van der Waals surface area contributed by atoms with Gasteiger partial charge in [-0.05, 0) is 69.1 Å². The van der Waals surface area contributed by atoms with Crippen LogP contribution in [0.15, 0.2) is 24.3 Å². The molecule has 0 heterocycles. The fraction of sp³-hybridized carbons (Fsp3) is 0.896. The van der Waals surface area contributed by atoms with Gasteiger partial charge in [0.2, 0.25) is 0 Å². The highest BCUT2D eigenvalue weighted by Crippen LogP contribution is 2.45. The summed E-state index contributed by atoms with van der Waals surface area (Å²) in [5, 5.41) is 10.6. The number of esters is 4. The number of allylic oxidation sites excluding steroid dienone is 4.